The molecule has 2 aromatic rings. The van der Waals surface area contributed by atoms with E-state index >= 15 is 0 Å². The fourth-order valence-corrected chi connectivity index (χ4v) is 1.92. The van der Waals surface area contributed by atoms with Gasteiger partial charge in [-0.15, -0.1) is 0 Å². The highest BCUT2D eigenvalue weighted by molar-refractivity contribution is 5.49. The van der Waals surface area contributed by atoms with Crippen molar-refractivity contribution in [2.75, 3.05) is 20.3 Å². The van der Waals surface area contributed by atoms with Crippen LogP contribution in [0.25, 0.3) is 11.5 Å². The first-order chi connectivity index (χ1) is 9.72. The van der Waals surface area contributed by atoms with Crippen molar-refractivity contribution >= 4 is 0 Å². The van der Waals surface area contributed by atoms with Crippen molar-refractivity contribution in [3.63, 3.8) is 0 Å². The second-order valence-corrected chi connectivity index (χ2v) is 4.46. The van der Waals surface area contributed by atoms with E-state index in [-0.39, 0.29) is 0 Å². The molecule has 6 nitrogen and oxygen atoms in total. The summed E-state index contributed by atoms with van der Waals surface area (Å²) in [5.74, 6) is 0.642. The maximum absolute atomic E-state index is 5.01. The number of aromatic nitrogens is 4. The Bertz CT molecular complexity index is 536. The van der Waals surface area contributed by atoms with Crippen molar-refractivity contribution in [1.82, 2.24) is 25.3 Å². The molecule has 0 bridgehead atoms. The van der Waals surface area contributed by atoms with Gasteiger partial charge in [0.05, 0.1) is 6.61 Å². The van der Waals surface area contributed by atoms with Crippen LogP contribution in [0.5, 0.6) is 0 Å². The average Bonchev–Trinajstić information content (AvgIpc) is 2.46. The van der Waals surface area contributed by atoms with E-state index in [1.54, 1.807) is 13.3 Å². The highest BCUT2D eigenvalue weighted by atomic mass is 16.5. The summed E-state index contributed by atoms with van der Waals surface area (Å²) in [7, 11) is 1.69. The molecule has 20 heavy (non-hydrogen) atoms. The van der Waals surface area contributed by atoms with Crippen LogP contribution >= 0.6 is 0 Å². The molecule has 0 unspecified atom stereocenters. The second-order valence-electron chi connectivity index (χ2n) is 4.46. The lowest BCUT2D eigenvalue weighted by Gasteiger charge is -2.11. The van der Waals surface area contributed by atoms with Gasteiger partial charge in [0.25, 0.3) is 0 Å². The number of nitrogens with one attached hydrogen (secondary N) is 1. The number of nitrogens with zero attached hydrogens (tertiary/aromatic N) is 4. The van der Waals surface area contributed by atoms with Gasteiger partial charge in [-0.2, -0.15) is 0 Å². The molecule has 0 spiro atoms. The highest BCUT2D eigenvalue weighted by Gasteiger charge is 2.10. The van der Waals surface area contributed by atoms with Crippen LogP contribution in [-0.2, 0) is 11.3 Å². The minimum atomic E-state index is 0.642. The maximum Gasteiger partial charge on any atom is 0.178 e. The Morgan fingerprint density at radius 3 is 2.55 bits per heavy atom. The number of ether oxygens (including phenoxy) is 1. The molecule has 106 valence electrons. The van der Waals surface area contributed by atoms with Gasteiger partial charge in [0.2, 0.25) is 0 Å². The van der Waals surface area contributed by atoms with Gasteiger partial charge in [0.1, 0.15) is 12.0 Å². The number of hydrogen-bond donors (Lipinski definition) is 1. The van der Waals surface area contributed by atoms with Crippen LogP contribution in [0.15, 0.2) is 18.6 Å². The first-order valence-electron chi connectivity index (χ1n) is 6.52. The zero-order valence-electron chi connectivity index (χ0n) is 12.1. The minimum absolute atomic E-state index is 0.642. The largest absolute Gasteiger partial charge is 0.383 e. The van der Waals surface area contributed by atoms with Gasteiger partial charge in [0, 0.05) is 43.3 Å². The quantitative estimate of drug-likeness (QED) is 0.799. The Morgan fingerprint density at radius 2 is 1.95 bits per heavy atom. The standard InChI is InChI=1S/C14H19N5O/c1-10-12(8-15-6-7-20-3)11(2)19-14(18-10)13-4-5-16-9-17-13/h4-5,9,15H,6-8H2,1-3H3. The van der Waals surface area contributed by atoms with Crippen LogP contribution in [0.1, 0.15) is 17.0 Å². The molecule has 6 heteroatoms. The van der Waals surface area contributed by atoms with E-state index in [4.69, 9.17) is 4.74 Å². The van der Waals surface area contributed by atoms with Gasteiger partial charge >= 0.3 is 0 Å². The van der Waals surface area contributed by atoms with E-state index in [2.05, 4.69) is 25.3 Å². The van der Waals surface area contributed by atoms with Crippen molar-refractivity contribution in [3.8, 4) is 11.5 Å². The predicted octanol–water partition coefficient (Wildman–Crippen LogP) is 1.29. The number of rotatable bonds is 6. The van der Waals surface area contributed by atoms with Gasteiger partial charge < -0.3 is 10.1 Å². The Morgan fingerprint density at radius 1 is 1.20 bits per heavy atom. The third-order valence-corrected chi connectivity index (χ3v) is 3.02. The van der Waals surface area contributed by atoms with Crippen LogP contribution in [0.4, 0.5) is 0 Å². The first-order valence-corrected chi connectivity index (χ1v) is 6.52. The lowest BCUT2D eigenvalue weighted by atomic mass is 10.1. The number of aryl methyl sites for hydroxylation is 2. The van der Waals surface area contributed by atoms with Crippen molar-refractivity contribution in [3.05, 3.63) is 35.5 Å². The minimum Gasteiger partial charge on any atom is -0.383 e. The SMILES string of the molecule is COCCNCc1c(C)nc(-c2ccncn2)nc1C. The third kappa shape index (κ3) is 3.55. The fourth-order valence-electron chi connectivity index (χ4n) is 1.92. The summed E-state index contributed by atoms with van der Waals surface area (Å²) in [6.45, 7) is 6.23. The van der Waals surface area contributed by atoms with Gasteiger partial charge in [-0.3, -0.25) is 0 Å². The Hall–Kier alpha value is -1.92. The molecule has 2 rings (SSSR count). The highest BCUT2D eigenvalue weighted by Crippen LogP contribution is 2.16. The lowest BCUT2D eigenvalue weighted by molar-refractivity contribution is 0.199. The molecule has 0 aromatic carbocycles. The van der Waals surface area contributed by atoms with Crippen LogP contribution in [0, 0.1) is 13.8 Å². The summed E-state index contributed by atoms with van der Waals surface area (Å²) in [6, 6.07) is 1.81. The van der Waals surface area contributed by atoms with Gasteiger partial charge in [0.15, 0.2) is 5.82 Å². The summed E-state index contributed by atoms with van der Waals surface area (Å²) in [6.07, 6.45) is 3.19. The Balaban J connectivity index is 2.17. The van der Waals surface area contributed by atoms with Crippen LogP contribution < -0.4 is 5.32 Å². The Labute approximate surface area is 118 Å². The Kier molecular flexibility index (Phi) is 5.09. The topological polar surface area (TPSA) is 72.8 Å². The summed E-state index contributed by atoms with van der Waals surface area (Å²) < 4.78 is 5.01. The molecular formula is C14H19N5O. The average molecular weight is 273 g/mol. The molecular weight excluding hydrogens is 254 g/mol. The molecule has 0 amide bonds. The van der Waals surface area contributed by atoms with Crippen molar-refractivity contribution in [2.24, 2.45) is 0 Å². The molecule has 0 aliphatic rings. The van der Waals surface area contributed by atoms with Gasteiger partial charge in [-0.05, 0) is 19.9 Å². The molecule has 0 fully saturated rings. The van der Waals surface area contributed by atoms with E-state index in [1.165, 1.54) is 6.33 Å². The van der Waals surface area contributed by atoms with E-state index in [1.807, 2.05) is 19.9 Å². The maximum atomic E-state index is 5.01. The van der Waals surface area contributed by atoms with Crippen molar-refractivity contribution in [2.45, 2.75) is 20.4 Å². The molecule has 0 atom stereocenters. The molecule has 0 aliphatic carbocycles. The van der Waals surface area contributed by atoms with Gasteiger partial charge in [-0.1, -0.05) is 0 Å². The van der Waals surface area contributed by atoms with Gasteiger partial charge in [-0.25, -0.2) is 19.9 Å². The third-order valence-electron chi connectivity index (χ3n) is 3.02. The molecule has 1 N–H and O–H groups in total. The number of hydrogen-bond acceptors (Lipinski definition) is 6. The predicted molar refractivity (Wildman–Crippen MR) is 76.1 cm³/mol. The van der Waals surface area contributed by atoms with Crippen LogP contribution in [0.2, 0.25) is 0 Å². The van der Waals surface area contributed by atoms with Crippen molar-refractivity contribution < 1.29 is 4.74 Å². The van der Waals surface area contributed by atoms with Crippen LogP contribution in [-0.4, -0.2) is 40.2 Å². The molecule has 0 saturated carbocycles. The molecule has 2 heterocycles. The first kappa shape index (κ1) is 14.5. The lowest BCUT2D eigenvalue weighted by Crippen LogP contribution is -2.20. The monoisotopic (exact) mass is 273 g/mol. The van der Waals surface area contributed by atoms with Crippen molar-refractivity contribution in [1.29, 1.82) is 0 Å². The molecule has 0 saturated heterocycles. The molecule has 0 aliphatic heterocycles. The molecule has 2 aromatic heterocycles. The normalized spacial score (nSPS) is 10.8. The summed E-state index contributed by atoms with van der Waals surface area (Å²) in [5, 5.41) is 3.31. The molecule has 0 radical (unpaired) electrons. The van der Waals surface area contributed by atoms with Crippen LogP contribution in [0.3, 0.4) is 0 Å². The number of methoxy groups -OCH3 is 1. The summed E-state index contributed by atoms with van der Waals surface area (Å²) in [4.78, 5) is 17.1. The summed E-state index contributed by atoms with van der Waals surface area (Å²) in [5.41, 5.74) is 3.80. The smallest absolute Gasteiger partial charge is 0.178 e. The van der Waals surface area contributed by atoms with E-state index < -0.39 is 0 Å². The van der Waals surface area contributed by atoms with E-state index in [0.29, 0.717) is 12.4 Å². The zero-order valence-corrected chi connectivity index (χ0v) is 12.1. The zero-order chi connectivity index (χ0) is 14.4. The fraction of sp³-hybridized carbons (Fsp3) is 0.429. The van der Waals surface area contributed by atoms with E-state index in [0.717, 1.165) is 35.7 Å². The second kappa shape index (κ2) is 7.02. The van der Waals surface area contributed by atoms with E-state index in [9.17, 15) is 0 Å². The summed E-state index contributed by atoms with van der Waals surface area (Å²) >= 11 is 0.